The maximum atomic E-state index is 12.8. The molecule has 0 radical (unpaired) electrons. The van der Waals surface area contributed by atoms with Gasteiger partial charge in [0.1, 0.15) is 5.69 Å². The minimum atomic E-state index is -0.361. The number of hydrogen-bond acceptors (Lipinski definition) is 5. The van der Waals surface area contributed by atoms with E-state index in [2.05, 4.69) is 15.7 Å². The summed E-state index contributed by atoms with van der Waals surface area (Å²) in [7, 11) is 1.53. The molecule has 0 spiro atoms. The van der Waals surface area contributed by atoms with Gasteiger partial charge in [0.2, 0.25) is 0 Å². The molecule has 1 unspecified atom stereocenters. The van der Waals surface area contributed by atoms with Crippen LogP contribution < -0.4 is 10.6 Å². The van der Waals surface area contributed by atoms with Crippen molar-refractivity contribution < 1.29 is 19.1 Å². The Kier molecular flexibility index (Phi) is 8.82. The summed E-state index contributed by atoms with van der Waals surface area (Å²) in [6.07, 6.45) is 0.165. The third-order valence-electron chi connectivity index (χ3n) is 4.45. The Morgan fingerprint density at radius 3 is 2.34 bits per heavy atom. The van der Waals surface area contributed by atoms with E-state index < -0.39 is 0 Å². The number of nitrogens with one attached hydrogen (secondary N) is 2. The van der Waals surface area contributed by atoms with Gasteiger partial charge in [0, 0.05) is 39.3 Å². The first-order chi connectivity index (χ1) is 14.0. The number of rotatable bonds is 11. The van der Waals surface area contributed by atoms with E-state index in [1.54, 1.807) is 4.68 Å². The first-order valence-corrected chi connectivity index (χ1v) is 9.89. The van der Waals surface area contributed by atoms with Gasteiger partial charge < -0.3 is 20.1 Å². The molecule has 29 heavy (non-hydrogen) atoms. The zero-order valence-corrected chi connectivity index (χ0v) is 17.5. The smallest absolute Gasteiger partial charge is 0.271 e. The average molecular weight is 402 g/mol. The first-order valence-electron chi connectivity index (χ1n) is 9.89. The summed E-state index contributed by atoms with van der Waals surface area (Å²) >= 11 is 0. The second-order valence-corrected chi connectivity index (χ2v) is 6.41. The molecule has 2 rings (SSSR count). The van der Waals surface area contributed by atoms with E-state index in [4.69, 9.17) is 9.47 Å². The Bertz CT molecular complexity index is 785. The molecular weight excluding hydrogens is 372 g/mol. The Morgan fingerprint density at radius 2 is 1.76 bits per heavy atom. The van der Waals surface area contributed by atoms with E-state index >= 15 is 0 Å². The van der Waals surface area contributed by atoms with Crippen molar-refractivity contribution in [3.8, 4) is 0 Å². The molecule has 0 bridgehead atoms. The van der Waals surface area contributed by atoms with Gasteiger partial charge in [-0.25, -0.2) is 0 Å². The van der Waals surface area contributed by atoms with Crippen molar-refractivity contribution in [1.82, 2.24) is 20.4 Å². The number of carbonyl (C=O) groups is 2. The van der Waals surface area contributed by atoms with Crippen molar-refractivity contribution in [2.75, 3.05) is 26.8 Å². The van der Waals surface area contributed by atoms with Crippen molar-refractivity contribution in [1.29, 1.82) is 0 Å². The van der Waals surface area contributed by atoms with Crippen molar-refractivity contribution >= 4 is 11.8 Å². The van der Waals surface area contributed by atoms with Crippen LogP contribution in [0.3, 0.4) is 0 Å². The standard InChI is InChI=1S/C21H30N4O4/c1-5-28-19(29-6-2)12-13-23-21(27)18-14-17(20(26)22-4)24-25(18)15(3)16-10-8-7-9-11-16/h7-11,14-15,19H,5-6,12-13H2,1-4H3,(H,22,26)(H,23,27). The summed E-state index contributed by atoms with van der Waals surface area (Å²) in [5.74, 6) is -0.645. The number of nitrogens with zero attached hydrogens (tertiary/aromatic N) is 2. The van der Waals surface area contributed by atoms with Gasteiger partial charge in [-0.15, -0.1) is 0 Å². The van der Waals surface area contributed by atoms with Crippen LogP contribution in [0.4, 0.5) is 0 Å². The number of hydrogen-bond donors (Lipinski definition) is 2. The molecule has 8 heteroatoms. The lowest BCUT2D eigenvalue weighted by Crippen LogP contribution is -2.31. The molecule has 1 aromatic carbocycles. The van der Waals surface area contributed by atoms with Gasteiger partial charge in [-0.2, -0.15) is 5.10 Å². The Balaban J connectivity index is 2.18. The monoisotopic (exact) mass is 402 g/mol. The maximum Gasteiger partial charge on any atom is 0.271 e. The van der Waals surface area contributed by atoms with Crippen LogP contribution in [0.1, 0.15) is 59.8 Å². The molecule has 0 saturated heterocycles. The first kappa shape index (κ1) is 22.6. The molecular formula is C21H30N4O4. The topological polar surface area (TPSA) is 94.5 Å². The molecule has 1 heterocycles. The van der Waals surface area contributed by atoms with Gasteiger partial charge in [0.05, 0.1) is 6.04 Å². The third kappa shape index (κ3) is 6.13. The minimum Gasteiger partial charge on any atom is -0.354 e. The van der Waals surface area contributed by atoms with Crippen molar-refractivity contribution in [3.05, 3.63) is 53.3 Å². The van der Waals surface area contributed by atoms with Crippen molar-refractivity contribution in [3.63, 3.8) is 0 Å². The Hall–Kier alpha value is -2.71. The predicted molar refractivity (Wildman–Crippen MR) is 110 cm³/mol. The molecule has 0 aliphatic rings. The fourth-order valence-corrected chi connectivity index (χ4v) is 2.95. The molecule has 0 aliphatic carbocycles. The van der Waals surface area contributed by atoms with Gasteiger partial charge in [-0.1, -0.05) is 30.3 Å². The number of benzene rings is 1. The summed E-state index contributed by atoms with van der Waals surface area (Å²) in [6, 6.07) is 11.0. The Labute approximate surface area is 171 Å². The minimum absolute atomic E-state index is 0.196. The van der Waals surface area contributed by atoms with Crippen LogP contribution in [-0.2, 0) is 9.47 Å². The summed E-state index contributed by atoms with van der Waals surface area (Å²) in [5, 5.41) is 9.79. The van der Waals surface area contributed by atoms with E-state index in [1.807, 2.05) is 51.1 Å². The molecule has 1 atom stereocenters. The summed E-state index contributed by atoms with van der Waals surface area (Å²) in [5.41, 5.74) is 1.51. The SMILES string of the molecule is CCOC(CCNC(=O)c1cc(C(=O)NC)nn1C(C)c1ccccc1)OCC. The van der Waals surface area contributed by atoms with Crippen LogP contribution >= 0.6 is 0 Å². The normalized spacial score (nSPS) is 12.0. The van der Waals surface area contributed by atoms with E-state index in [-0.39, 0.29) is 29.8 Å². The average Bonchev–Trinajstić information content (AvgIpc) is 3.19. The zero-order valence-electron chi connectivity index (χ0n) is 17.5. The molecule has 2 aromatic rings. The lowest BCUT2D eigenvalue weighted by Gasteiger charge is -2.18. The van der Waals surface area contributed by atoms with Crippen LogP contribution in [0.25, 0.3) is 0 Å². The molecule has 0 aliphatic heterocycles. The summed E-state index contributed by atoms with van der Waals surface area (Å²) < 4.78 is 12.6. The molecule has 0 fully saturated rings. The number of carbonyl (C=O) groups excluding carboxylic acids is 2. The zero-order chi connectivity index (χ0) is 21.2. The highest BCUT2D eigenvalue weighted by Gasteiger charge is 2.22. The summed E-state index contributed by atoms with van der Waals surface area (Å²) in [6.45, 7) is 7.18. The van der Waals surface area contributed by atoms with Gasteiger partial charge in [-0.3, -0.25) is 14.3 Å². The molecule has 0 saturated carbocycles. The highest BCUT2D eigenvalue weighted by molar-refractivity contribution is 5.97. The van der Waals surface area contributed by atoms with Gasteiger partial charge >= 0.3 is 0 Å². The van der Waals surface area contributed by atoms with Gasteiger partial charge in [-0.05, 0) is 26.3 Å². The van der Waals surface area contributed by atoms with Crippen LogP contribution in [0, 0.1) is 0 Å². The molecule has 158 valence electrons. The lowest BCUT2D eigenvalue weighted by molar-refractivity contribution is -0.138. The number of amides is 2. The maximum absolute atomic E-state index is 12.8. The molecule has 2 amide bonds. The van der Waals surface area contributed by atoms with Crippen molar-refractivity contribution in [2.45, 2.75) is 39.5 Å². The van der Waals surface area contributed by atoms with Crippen LogP contribution in [-0.4, -0.2) is 54.7 Å². The van der Waals surface area contributed by atoms with Gasteiger partial charge in [0.15, 0.2) is 12.0 Å². The van der Waals surface area contributed by atoms with Crippen LogP contribution in [0.5, 0.6) is 0 Å². The molecule has 1 aromatic heterocycles. The second-order valence-electron chi connectivity index (χ2n) is 6.41. The molecule has 8 nitrogen and oxygen atoms in total. The fraction of sp³-hybridized carbons (Fsp3) is 0.476. The number of aromatic nitrogens is 2. The summed E-state index contributed by atoms with van der Waals surface area (Å²) in [4.78, 5) is 24.9. The van der Waals surface area contributed by atoms with E-state index in [9.17, 15) is 9.59 Å². The molecule has 2 N–H and O–H groups in total. The largest absolute Gasteiger partial charge is 0.354 e. The third-order valence-corrected chi connectivity index (χ3v) is 4.45. The lowest BCUT2D eigenvalue weighted by atomic mass is 10.1. The van der Waals surface area contributed by atoms with Crippen molar-refractivity contribution in [2.24, 2.45) is 0 Å². The highest BCUT2D eigenvalue weighted by Crippen LogP contribution is 2.20. The van der Waals surface area contributed by atoms with Crippen LogP contribution in [0.15, 0.2) is 36.4 Å². The van der Waals surface area contributed by atoms with E-state index in [0.717, 1.165) is 5.56 Å². The Morgan fingerprint density at radius 1 is 1.10 bits per heavy atom. The quantitative estimate of drug-likeness (QED) is 0.563. The highest BCUT2D eigenvalue weighted by atomic mass is 16.7. The van der Waals surface area contributed by atoms with Crippen LogP contribution in [0.2, 0.25) is 0 Å². The van der Waals surface area contributed by atoms with Gasteiger partial charge in [0.25, 0.3) is 11.8 Å². The second kappa shape index (κ2) is 11.3. The van der Waals surface area contributed by atoms with E-state index in [0.29, 0.717) is 31.9 Å². The van der Waals surface area contributed by atoms with E-state index in [1.165, 1.54) is 13.1 Å². The fourth-order valence-electron chi connectivity index (χ4n) is 2.95. The predicted octanol–water partition coefficient (Wildman–Crippen LogP) is 2.37. The number of ether oxygens (including phenoxy) is 2.